The Balaban J connectivity index is 0.000000281. The van der Waals surface area contributed by atoms with Crippen molar-refractivity contribution < 1.29 is 15.0 Å². The zero-order valence-corrected chi connectivity index (χ0v) is 9.50. The van der Waals surface area contributed by atoms with Crippen LogP contribution in [0.15, 0.2) is 24.4 Å². The Morgan fingerprint density at radius 2 is 2.12 bits per heavy atom. The minimum Gasteiger partial charge on any atom is -0.480 e. The molecule has 0 spiro atoms. The van der Waals surface area contributed by atoms with E-state index >= 15 is 0 Å². The number of hydrogen-bond donors (Lipinski definition) is 3. The summed E-state index contributed by atoms with van der Waals surface area (Å²) in [5, 5.41) is 16.7. The normalized spacial score (nSPS) is 11.6. The average Bonchev–Trinajstić information content (AvgIpc) is 2.29. The highest BCUT2D eigenvalue weighted by Crippen LogP contribution is 1.96. The molecule has 16 heavy (non-hydrogen) atoms. The smallest absolute Gasteiger partial charge is 0.320 e. The van der Waals surface area contributed by atoms with Gasteiger partial charge in [-0.3, -0.25) is 9.78 Å². The van der Waals surface area contributed by atoms with Gasteiger partial charge in [-0.15, -0.1) is 0 Å². The van der Waals surface area contributed by atoms with Gasteiger partial charge in [0.05, 0.1) is 12.3 Å². The van der Waals surface area contributed by atoms with E-state index in [9.17, 15) is 4.79 Å². The van der Waals surface area contributed by atoms with Crippen LogP contribution in [0, 0.1) is 5.92 Å². The standard InChI is InChI=1S/C6H7NO.C5H11NO2/c8-5-6-3-1-2-4-7-6;1-3(2)4(6)5(7)8/h1-4,8H,5H2;3-4H,6H2,1-2H3,(H,7,8)/t;4-/m.0/s1. The second-order valence-corrected chi connectivity index (χ2v) is 3.59. The van der Waals surface area contributed by atoms with Crippen molar-refractivity contribution in [1.82, 2.24) is 4.98 Å². The Morgan fingerprint density at radius 3 is 2.31 bits per heavy atom. The van der Waals surface area contributed by atoms with Gasteiger partial charge >= 0.3 is 5.97 Å². The summed E-state index contributed by atoms with van der Waals surface area (Å²) in [5.74, 6) is -0.910. The van der Waals surface area contributed by atoms with Crippen molar-refractivity contribution in [1.29, 1.82) is 0 Å². The monoisotopic (exact) mass is 226 g/mol. The lowest BCUT2D eigenvalue weighted by molar-refractivity contribution is -0.139. The summed E-state index contributed by atoms with van der Waals surface area (Å²) in [4.78, 5) is 13.9. The van der Waals surface area contributed by atoms with Gasteiger partial charge in [-0.25, -0.2) is 0 Å². The number of aliphatic carboxylic acids is 1. The number of carboxylic acid groups (broad SMARTS) is 1. The molecule has 4 N–H and O–H groups in total. The largest absolute Gasteiger partial charge is 0.480 e. The first-order valence-electron chi connectivity index (χ1n) is 4.98. The van der Waals surface area contributed by atoms with Crippen LogP contribution in [0.25, 0.3) is 0 Å². The zero-order valence-electron chi connectivity index (χ0n) is 9.50. The van der Waals surface area contributed by atoms with E-state index in [0.717, 1.165) is 0 Å². The molecular formula is C11H18N2O3. The van der Waals surface area contributed by atoms with Gasteiger partial charge in [0.1, 0.15) is 6.04 Å². The molecule has 0 fully saturated rings. The van der Waals surface area contributed by atoms with Crippen molar-refractivity contribution >= 4 is 5.97 Å². The topological polar surface area (TPSA) is 96.4 Å². The van der Waals surface area contributed by atoms with Crippen molar-refractivity contribution in [2.75, 3.05) is 0 Å². The molecule has 0 saturated heterocycles. The zero-order chi connectivity index (χ0) is 12.6. The van der Waals surface area contributed by atoms with Crippen LogP contribution in [0.3, 0.4) is 0 Å². The highest BCUT2D eigenvalue weighted by Gasteiger charge is 2.14. The number of nitrogens with zero attached hydrogens (tertiary/aromatic N) is 1. The molecule has 1 atom stereocenters. The van der Waals surface area contributed by atoms with Gasteiger partial charge in [0.2, 0.25) is 0 Å². The first-order chi connectivity index (χ1) is 7.49. The number of carboxylic acids is 1. The third-order valence-corrected chi connectivity index (χ3v) is 1.89. The van der Waals surface area contributed by atoms with E-state index in [4.69, 9.17) is 15.9 Å². The Labute approximate surface area is 94.9 Å². The highest BCUT2D eigenvalue weighted by atomic mass is 16.4. The molecule has 5 heteroatoms. The summed E-state index contributed by atoms with van der Waals surface area (Å²) < 4.78 is 0. The summed E-state index contributed by atoms with van der Waals surface area (Å²) in [6, 6.07) is 4.73. The van der Waals surface area contributed by atoms with Crippen LogP contribution >= 0.6 is 0 Å². The number of aromatic nitrogens is 1. The summed E-state index contributed by atoms with van der Waals surface area (Å²) >= 11 is 0. The number of aliphatic hydroxyl groups excluding tert-OH is 1. The first kappa shape index (κ1) is 14.5. The number of carbonyl (C=O) groups is 1. The molecule has 90 valence electrons. The lowest BCUT2D eigenvalue weighted by Crippen LogP contribution is -2.34. The molecule has 0 saturated carbocycles. The Hall–Kier alpha value is -1.46. The minimum absolute atomic E-state index is 0.0208. The van der Waals surface area contributed by atoms with Crippen LogP contribution in [-0.2, 0) is 11.4 Å². The van der Waals surface area contributed by atoms with Crippen LogP contribution in [0.5, 0.6) is 0 Å². The molecule has 0 amide bonds. The maximum atomic E-state index is 10.0. The molecule has 0 radical (unpaired) electrons. The van der Waals surface area contributed by atoms with Crippen LogP contribution in [0.1, 0.15) is 19.5 Å². The number of pyridine rings is 1. The van der Waals surface area contributed by atoms with E-state index in [2.05, 4.69) is 4.98 Å². The SMILES string of the molecule is CC(C)[C@H](N)C(=O)O.OCc1ccccn1. The lowest BCUT2D eigenvalue weighted by atomic mass is 10.1. The Bertz CT molecular complexity index is 301. The quantitative estimate of drug-likeness (QED) is 0.702. The Morgan fingerprint density at radius 1 is 1.50 bits per heavy atom. The fourth-order valence-corrected chi connectivity index (χ4v) is 0.777. The molecule has 0 unspecified atom stereocenters. The van der Waals surface area contributed by atoms with E-state index in [1.807, 2.05) is 12.1 Å². The van der Waals surface area contributed by atoms with E-state index in [0.29, 0.717) is 5.69 Å². The Kier molecular flexibility index (Phi) is 7.07. The summed E-state index contributed by atoms with van der Waals surface area (Å²) in [6.45, 7) is 3.58. The maximum absolute atomic E-state index is 10.0. The third kappa shape index (κ3) is 6.10. The first-order valence-corrected chi connectivity index (χ1v) is 4.98. The van der Waals surface area contributed by atoms with Crippen molar-refractivity contribution in [3.05, 3.63) is 30.1 Å². The van der Waals surface area contributed by atoms with Crippen LogP contribution in [0.2, 0.25) is 0 Å². The van der Waals surface area contributed by atoms with Gasteiger partial charge in [0.15, 0.2) is 0 Å². The number of rotatable bonds is 3. The second-order valence-electron chi connectivity index (χ2n) is 3.59. The molecule has 0 aromatic carbocycles. The molecule has 0 aliphatic heterocycles. The summed E-state index contributed by atoms with van der Waals surface area (Å²) in [5.41, 5.74) is 5.88. The minimum atomic E-state index is -0.931. The number of aliphatic hydroxyl groups is 1. The molecule has 1 rings (SSSR count). The van der Waals surface area contributed by atoms with Crippen molar-refractivity contribution in [2.24, 2.45) is 11.7 Å². The predicted octanol–water partition coefficient (Wildman–Crippen LogP) is 0.628. The van der Waals surface area contributed by atoms with Gasteiger partial charge in [0, 0.05) is 6.20 Å². The van der Waals surface area contributed by atoms with Gasteiger partial charge in [0.25, 0.3) is 0 Å². The highest BCUT2D eigenvalue weighted by molar-refractivity contribution is 5.73. The molecule has 1 aromatic rings. The van der Waals surface area contributed by atoms with E-state index < -0.39 is 12.0 Å². The van der Waals surface area contributed by atoms with Crippen LogP contribution < -0.4 is 5.73 Å². The molecule has 1 aromatic heterocycles. The van der Waals surface area contributed by atoms with Crippen LogP contribution in [-0.4, -0.2) is 27.2 Å². The molecular weight excluding hydrogens is 208 g/mol. The third-order valence-electron chi connectivity index (χ3n) is 1.89. The van der Waals surface area contributed by atoms with Gasteiger partial charge < -0.3 is 15.9 Å². The van der Waals surface area contributed by atoms with E-state index in [1.54, 1.807) is 26.1 Å². The van der Waals surface area contributed by atoms with E-state index in [-0.39, 0.29) is 12.5 Å². The molecule has 5 nitrogen and oxygen atoms in total. The fraction of sp³-hybridized carbons (Fsp3) is 0.455. The van der Waals surface area contributed by atoms with Gasteiger partial charge in [-0.2, -0.15) is 0 Å². The van der Waals surface area contributed by atoms with Crippen molar-refractivity contribution in [3.8, 4) is 0 Å². The van der Waals surface area contributed by atoms with E-state index in [1.165, 1.54) is 0 Å². The fourth-order valence-electron chi connectivity index (χ4n) is 0.777. The predicted molar refractivity (Wildman–Crippen MR) is 60.6 cm³/mol. The average molecular weight is 226 g/mol. The second kappa shape index (κ2) is 7.78. The van der Waals surface area contributed by atoms with Crippen molar-refractivity contribution in [2.45, 2.75) is 26.5 Å². The molecule has 1 heterocycles. The van der Waals surface area contributed by atoms with Gasteiger partial charge in [-0.1, -0.05) is 19.9 Å². The molecule has 0 aliphatic carbocycles. The summed E-state index contributed by atoms with van der Waals surface area (Å²) in [7, 11) is 0. The van der Waals surface area contributed by atoms with Crippen LogP contribution in [0.4, 0.5) is 0 Å². The van der Waals surface area contributed by atoms with Gasteiger partial charge in [-0.05, 0) is 18.1 Å². The molecule has 0 aliphatic rings. The maximum Gasteiger partial charge on any atom is 0.320 e. The van der Waals surface area contributed by atoms with Crippen molar-refractivity contribution in [3.63, 3.8) is 0 Å². The number of hydrogen-bond acceptors (Lipinski definition) is 4. The number of nitrogens with two attached hydrogens (primary N) is 1. The molecule has 0 bridgehead atoms. The lowest BCUT2D eigenvalue weighted by Gasteiger charge is -2.07. The summed E-state index contributed by atoms with van der Waals surface area (Å²) in [6.07, 6.45) is 1.66.